The van der Waals surface area contributed by atoms with E-state index in [1.54, 1.807) is 0 Å². The van der Waals surface area contributed by atoms with E-state index in [2.05, 4.69) is 15.3 Å². The lowest BCUT2D eigenvalue weighted by Crippen LogP contribution is -2.20. The summed E-state index contributed by atoms with van der Waals surface area (Å²) in [6.45, 7) is 0.305. The first-order valence-electron chi connectivity index (χ1n) is 5.24. The van der Waals surface area contributed by atoms with E-state index in [0.29, 0.717) is 13.0 Å². The Kier molecular flexibility index (Phi) is 3.13. The molecule has 0 bridgehead atoms. The van der Waals surface area contributed by atoms with Crippen LogP contribution in [0.25, 0.3) is 11.0 Å². The van der Waals surface area contributed by atoms with Crippen molar-refractivity contribution in [2.24, 2.45) is 0 Å². The van der Waals surface area contributed by atoms with Crippen molar-refractivity contribution in [2.75, 3.05) is 13.7 Å². The number of carbonyl (C=O) groups excluding carboxylic acids is 1. The maximum atomic E-state index is 11.1. The standard InChI is InChI=1S/C11H13N3O3/c1-12-11(16)17-5-4-7-2-3-8-9(6-7)14-10(15)13-8/h2-3,6H,4-5H2,1H3,(H,12,16)(H2,13,14,15). The van der Waals surface area contributed by atoms with Gasteiger partial charge in [-0.25, -0.2) is 9.59 Å². The van der Waals surface area contributed by atoms with Crippen LogP contribution in [0, 0.1) is 0 Å². The second-order valence-corrected chi connectivity index (χ2v) is 3.59. The fraction of sp³-hybridized carbons (Fsp3) is 0.273. The van der Waals surface area contributed by atoms with E-state index in [1.807, 2.05) is 18.2 Å². The number of hydrogen-bond acceptors (Lipinski definition) is 3. The summed E-state index contributed by atoms with van der Waals surface area (Å²) in [7, 11) is 1.51. The number of aromatic nitrogens is 2. The molecule has 17 heavy (non-hydrogen) atoms. The van der Waals surface area contributed by atoms with Crippen LogP contribution in [-0.2, 0) is 11.2 Å². The van der Waals surface area contributed by atoms with E-state index in [-0.39, 0.29) is 5.69 Å². The average Bonchev–Trinajstić information content (AvgIpc) is 2.68. The molecule has 2 aromatic rings. The summed E-state index contributed by atoms with van der Waals surface area (Å²) in [6.07, 6.45) is 0.164. The van der Waals surface area contributed by atoms with Crippen LogP contribution < -0.4 is 11.0 Å². The number of ether oxygens (including phenoxy) is 1. The van der Waals surface area contributed by atoms with Gasteiger partial charge in [0.25, 0.3) is 0 Å². The van der Waals surface area contributed by atoms with Crippen molar-refractivity contribution in [1.29, 1.82) is 0 Å². The average molecular weight is 235 g/mol. The van der Waals surface area contributed by atoms with E-state index in [0.717, 1.165) is 16.6 Å². The first kappa shape index (κ1) is 11.3. The second-order valence-electron chi connectivity index (χ2n) is 3.59. The zero-order valence-corrected chi connectivity index (χ0v) is 9.37. The van der Waals surface area contributed by atoms with Crippen molar-refractivity contribution < 1.29 is 9.53 Å². The van der Waals surface area contributed by atoms with Gasteiger partial charge >= 0.3 is 11.8 Å². The van der Waals surface area contributed by atoms with Crippen LogP contribution >= 0.6 is 0 Å². The number of hydrogen-bond donors (Lipinski definition) is 3. The molecule has 0 saturated heterocycles. The Morgan fingerprint density at radius 1 is 1.35 bits per heavy atom. The highest BCUT2D eigenvalue weighted by atomic mass is 16.5. The minimum absolute atomic E-state index is 0.223. The Morgan fingerprint density at radius 3 is 2.88 bits per heavy atom. The molecule has 1 aromatic heterocycles. The Bertz CT molecular complexity index is 585. The van der Waals surface area contributed by atoms with Crippen LogP contribution in [0.1, 0.15) is 5.56 Å². The molecule has 0 unspecified atom stereocenters. The molecule has 0 aliphatic heterocycles. The number of amides is 1. The van der Waals surface area contributed by atoms with E-state index in [4.69, 9.17) is 4.74 Å². The quantitative estimate of drug-likeness (QED) is 0.733. The molecule has 0 atom stereocenters. The fourth-order valence-corrected chi connectivity index (χ4v) is 1.57. The molecule has 0 fully saturated rings. The molecule has 2 rings (SSSR count). The van der Waals surface area contributed by atoms with Crippen molar-refractivity contribution in [2.45, 2.75) is 6.42 Å². The van der Waals surface area contributed by atoms with Gasteiger partial charge in [0.1, 0.15) is 0 Å². The molecule has 1 amide bonds. The monoisotopic (exact) mass is 235 g/mol. The van der Waals surface area contributed by atoms with Gasteiger partial charge in [-0.15, -0.1) is 0 Å². The lowest BCUT2D eigenvalue weighted by molar-refractivity contribution is 0.150. The van der Waals surface area contributed by atoms with E-state index in [1.165, 1.54) is 7.05 Å². The van der Waals surface area contributed by atoms with Crippen LogP contribution in [0.5, 0.6) is 0 Å². The Labute approximate surface area is 97.0 Å². The van der Waals surface area contributed by atoms with E-state index < -0.39 is 6.09 Å². The first-order valence-corrected chi connectivity index (χ1v) is 5.24. The molecule has 0 radical (unpaired) electrons. The third-order valence-electron chi connectivity index (χ3n) is 2.41. The van der Waals surface area contributed by atoms with Gasteiger partial charge in [-0.2, -0.15) is 0 Å². The van der Waals surface area contributed by atoms with Crippen molar-refractivity contribution in [3.05, 3.63) is 34.2 Å². The summed E-state index contributed by atoms with van der Waals surface area (Å²) in [6, 6.07) is 5.57. The topological polar surface area (TPSA) is 87.0 Å². The molecule has 6 heteroatoms. The predicted molar refractivity (Wildman–Crippen MR) is 63.0 cm³/mol. The number of imidazole rings is 1. The summed E-state index contributed by atoms with van der Waals surface area (Å²) >= 11 is 0. The summed E-state index contributed by atoms with van der Waals surface area (Å²) < 4.78 is 4.88. The van der Waals surface area contributed by atoms with Crippen molar-refractivity contribution in [3.8, 4) is 0 Å². The molecule has 6 nitrogen and oxygen atoms in total. The number of aromatic amines is 2. The Morgan fingerprint density at radius 2 is 2.12 bits per heavy atom. The predicted octanol–water partition coefficient (Wildman–Crippen LogP) is 0.755. The van der Waals surface area contributed by atoms with E-state index >= 15 is 0 Å². The maximum Gasteiger partial charge on any atom is 0.406 e. The normalized spacial score (nSPS) is 10.4. The Hall–Kier alpha value is -2.24. The van der Waals surface area contributed by atoms with Gasteiger partial charge in [-0.05, 0) is 17.7 Å². The smallest absolute Gasteiger partial charge is 0.406 e. The zero-order valence-electron chi connectivity index (χ0n) is 9.37. The molecular formula is C11H13N3O3. The van der Waals surface area contributed by atoms with Gasteiger partial charge in [0.15, 0.2) is 0 Å². The van der Waals surface area contributed by atoms with Crippen molar-refractivity contribution in [1.82, 2.24) is 15.3 Å². The van der Waals surface area contributed by atoms with Gasteiger partial charge < -0.3 is 20.0 Å². The number of rotatable bonds is 3. The van der Waals surface area contributed by atoms with Gasteiger partial charge in [-0.1, -0.05) is 6.07 Å². The summed E-state index contributed by atoms with van der Waals surface area (Å²) in [4.78, 5) is 27.2. The molecule has 0 aliphatic carbocycles. The zero-order chi connectivity index (χ0) is 12.3. The van der Waals surface area contributed by atoms with Crippen LogP contribution in [0.3, 0.4) is 0 Å². The number of nitrogens with one attached hydrogen (secondary N) is 3. The van der Waals surface area contributed by atoms with Gasteiger partial charge in [0.2, 0.25) is 0 Å². The molecular weight excluding hydrogens is 222 g/mol. The van der Waals surface area contributed by atoms with Crippen LogP contribution in [0.2, 0.25) is 0 Å². The fourth-order valence-electron chi connectivity index (χ4n) is 1.57. The third kappa shape index (κ3) is 2.66. The minimum Gasteiger partial charge on any atom is -0.449 e. The molecule has 0 aliphatic rings. The molecule has 1 aromatic carbocycles. The SMILES string of the molecule is CNC(=O)OCCc1ccc2[nH]c(=O)[nH]c2c1. The summed E-state index contributed by atoms with van der Waals surface area (Å²) in [5.74, 6) is 0. The van der Waals surface area contributed by atoms with Crippen LogP contribution in [-0.4, -0.2) is 29.7 Å². The van der Waals surface area contributed by atoms with Gasteiger partial charge in [-0.3, -0.25) is 0 Å². The molecule has 90 valence electrons. The molecule has 1 heterocycles. The van der Waals surface area contributed by atoms with Crippen LogP contribution in [0.15, 0.2) is 23.0 Å². The summed E-state index contributed by atoms with van der Waals surface area (Å²) in [5.41, 5.74) is 2.30. The van der Waals surface area contributed by atoms with Crippen molar-refractivity contribution in [3.63, 3.8) is 0 Å². The summed E-state index contributed by atoms with van der Waals surface area (Å²) in [5, 5.41) is 2.37. The van der Waals surface area contributed by atoms with Crippen LogP contribution in [0.4, 0.5) is 4.79 Å². The number of H-pyrrole nitrogens is 2. The number of carbonyl (C=O) groups is 1. The molecule has 3 N–H and O–H groups in total. The van der Waals surface area contributed by atoms with Gasteiger partial charge in [0.05, 0.1) is 17.6 Å². The number of alkyl carbamates (subject to hydrolysis) is 1. The minimum atomic E-state index is -0.443. The molecule has 0 spiro atoms. The third-order valence-corrected chi connectivity index (χ3v) is 2.41. The van der Waals surface area contributed by atoms with Crippen molar-refractivity contribution >= 4 is 17.1 Å². The molecule has 0 saturated carbocycles. The Balaban J connectivity index is 2.04. The lowest BCUT2D eigenvalue weighted by atomic mass is 10.1. The number of fused-ring (bicyclic) bond motifs is 1. The second kappa shape index (κ2) is 4.73. The maximum absolute atomic E-state index is 11.1. The lowest BCUT2D eigenvalue weighted by Gasteiger charge is -2.03. The van der Waals surface area contributed by atoms with E-state index in [9.17, 15) is 9.59 Å². The first-order chi connectivity index (χ1) is 8.19. The highest BCUT2D eigenvalue weighted by Gasteiger charge is 2.01. The number of benzene rings is 1. The van der Waals surface area contributed by atoms with Gasteiger partial charge in [0, 0.05) is 13.5 Å². The highest BCUT2D eigenvalue weighted by molar-refractivity contribution is 5.75. The largest absolute Gasteiger partial charge is 0.449 e. The highest BCUT2D eigenvalue weighted by Crippen LogP contribution is 2.10.